The lowest BCUT2D eigenvalue weighted by atomic mass is 10.1. The number of phenolic OH excluding ortho intramolecular Hbond substituents is 1. The van der Waals surface area contributed by atoms with E-state index in [1.165, 1.54) is 6.07 Å². The Hall–Kier alpha value is -0.550. The molecule has 0 radical (unpaired) electrons. The van der Waals surface area contributed by atoms with Crippen molar-refractivity contribution in [2.24, 2.45) is 0 Å². The van der Waals surface area contributed by atoms with Crippen LogP contribution < -0.4 is 5.32 Å². The van der Waals surface area contributed by atoms with E-state index in [2.05, 4.69) is 37.2 Å². The molecule has 0 heterocycles. The third-order valence-corrected chi connectivity index (χ3v) is 3.07. The predicted molar refractivity (Wildman–Crippen MR) is 71.1 cm³/mol. The zero-order chi connectivity index (χ0) is 12.1. The number of phenols is 1. The summed E-state index contributed by atoms with van der Waals surface area (Å²) in [7, 11) is 0. The lowest BCUT2D eigenvalue weighted by Crippen LogP contribution is -2.32. The van der Waals surface area contributed by atoms with Gasteiger partial charge in [-0.3, -0.25) is 4.79 Å². The number of amides is 1. The number of aromatic hydroxyl groups is 1. The Labute approximate surface area is 111 Å². The molecule has 0 saturated heterocycles. The van der Waals surface area contributed by atoms with Crippen LogP contribution in [0.3, 0.4) is 0 Å². The van der Waals surface area contributed by atoms with Crippen LogP contribution in [0.2, 0.25) is 0 Å². The summed E-state index contributed by atoms with van der Waals surface area (Å²) in [4.78, 5) is 11.8. The van der Waals surface area contributed by atoms with Crippen molar-refractivity contribution >= 4 is 37.8 Å². The molecule has 0 fully saturated rings. The molecule has 1 rings (SSSR count). The maximum atomic E-state index is 11.8. The molecule has 0 aliphatic heterocycles. The van der Waals surface area contributed by atoms with Crippen molar-refractivity contribution in [2.75, 3.05) is 5.33 Å². The number of hydrogen-bond donors (Lipinski definition) is 2. The van der Waals surface area contributed by atoms with Gasteiger partial charge >= 0.3 is 0 Å². The highest BCUT2D eigenvalue weighted by Crippen LogP contribution is 2.21. The summed E-state index contributed by atoms with van der Waals surface area (Å²) < 4.78 is 0.767. The molecule has 5 heteroatoms. The first kappa shape index (κ1) is 13.5. The fourth-order valence-corrected chi connectivity index (χ4v) is 2.28. The van der Waals surface area contributed by atoms with Gasteiger partial charge in [-0.2, -0.15) is 0 Å². The summed E-state index contributed by atoms with van der Waals surface area (Å²) in [5, 5.41) is 13.2. The number of alkyl halides is 1. The van der Waals surface area contributed by atoms with Crippen molar-refractivity contribution in [1.29, 1.82) is 0 Å². The van der Waals surface area contributed by atoms with Crippen LogP contribution in [-0.2, 0) is 0 Å². The molecule has 0 spiro atoms. The van der Waals surface area contributed by atoms with Gasteiger partial charge < -0.3 is 10.4 Å². The topological polar surface area (TPSA) is 49.3 Å². The molecule has 16 heavy (non-hydrogen) atoms. The zero-order valence-electron chi connectivity index (χ0n) is 8.84. The van der Waals surface area contributed by atoms with Crippen molar-refractivity contribution in [3.05, 3.63) is 28.2 Å². The second kappa shape index (κ2) is 6.25. The molecule has 0 aromatic heterocycles. The normalized spacial score (nSPS) is 12.2. The first-order valence-corrected chi connectivity index (χ1v) is 6.81. The Balaban J connectivity index is 2.76. The summed E-state index contributed by atoms with van der Waals surface area (Å²) in [6, 6.07) is 4.86. The highest BCUT2D eigenvalue weighted by Gasteiger charge is 2.13. The number of hydrogen-bond acceptors (Lipinski definition) is 2. The van der Waals surface area contributed by atoms with Gasteiger partial charge in [0.15, 0.2) is 0 Å². The highest BCUT2D eigenvalue weighted by atomic mass is 79.9. The quantitative estimate of drug-likeness (QED) is 0.820. The van der Waals surface area contributed by atoms with Gasteiger partial charge in [0.1, 0.15) is 5.75 Å². The minimum absolute atomic E-state index is 0.00765. The molecule has 1 aromatic carbocycles. The third-order valence-electron chi connectivity index (χ3n) is 2.12. The molecule has 1 unspecified atom stereocenters. The number of halogens is 2. The van der Waals surface area contributed by atoms with E-state index in [0.29, 0.717) is 0 Å². The molecule has 3 nitrogen and oxygen atoms in total. The Morgan fingerprint density at radius 2 is 2.25 bits per heavy atom. The van der Waals surface area contributed by atoms with E-state index in [1.807, 2.05) is 6.92 Å². The van der Waals surface area contributed by atoms with E-state index in [-0.39, 0.29) is 23.3 Å². The van der Waals surface area contributed by atoms with Crippen LogP contribution in [0.4, 0.5) is 0 Å². The predicted octanol–water partition coefficient (Wildman–Crippen LogP) is 3.06. The summed E-state index contributed by atoms with van der Waals surface area (Å²) in [6.07, 6.45) is 0.848. The second-order valence-electron chi connectivity index (χ2n) is 3.51. The van der Waals surface area contributed by atoms with Crippen molar-refractivity contribution in [2.45, 2.75) is 19.4 Å². The third kappa shape index (κ3) is 3.79. The Morgan fingerprint density at radius 1 is 1.56 bits per heavy atom. The number of benzene rings is 1. The molecule has 88 valence electrons. The fraction of sp³-hybridized carbons (Fsp3) is 0.364. The second-order valence-corrected chi connectivity index (χ2v) is 5.22. The molecular weight excluding hydrogens is 338 g/mol. The molecule has 2 N–H and O–H groups in total. The van der Waals surface area contributed by atoms with E-state index in [4.69, 9.17) is 0 Å². The monoisotopic (exact) mass is 349 g/mol. The van der Waals surface area contributed by atoms with Gasteiger partial charge in [0.25, 0.3) is 5.91 Å². The van der Waals surface area contributed by atoms with Crippen LogP contribution in [0.15, 0.2) is 22.7 Å². The van der Waals surface area contributed by atoms with Crippen LogP contribution in [0.5, 0.6) is 5.75 Å². The highest BCUT2D eigenvalue weighted by molar-refractivity contribution is 9.10. The van der Waals surface area contributed by atoms with Gasteiger partial charge in [0, 0.05) is 15.8 Å². The maximum Gasteiger partial charge on any atom is 0.255 e. The van der Waals surface area contributed by atoms with E-state index in [0.717, 1.165) is 16.2 Å². The lowest BCUT2D eigenvalue weighted by Gasteiger charge is -2.13. The summed E-state index contributed by atoms with van der Waals surface area (Å²) in [5.41, 5.74) is 0.288. The molecule has 0 aliphatic carbocycles. The van der Waals surface area contributed by atoms with Gasteiger partial charge in [0.05, 0.1) is 5.56 Å². The van der Waals surface area contributed by atoms with E-state index >= 15 is 0 Å². The van der Waals surface area contributed by atoms with Gasteiger partial charge in [-0.1, -0.05) is 31.9 Å². The van der Waals surface area contributed by atoms with Gasteiger partial charge in [-0.05, 0) is 31.5 Å². The van der Waals surface area contributed by atoms with Crippen LogP contribution in [0, 0.1) is 0 Å². The Bertz CT molecular complexity index is 382. The maximum absolute atomic E-state index is 11.8. The zero-order valence-corrected chi connectivity index (χ0v) is 12.0. The van der Waals surface area contributed by atoms with Crippen molar-refractivity contribution in [3.8, 4) is 5.75 Å². The molecular formula is C11H13Br2NO2. The van der Waals surface area contributed by atoms with E-state index in [9.17, 15) is 9.90 Å². The minimum Gasteiger partial charge on any atom is -0.507 e. The Morgan fingerprint density at radius 3 is 2.88 bits per heavy atom. The first-order chi connectivity index (χ1) is 7.54. The van der Waals surface area contributed by atoms with Crippen LogP contribution in [0.25, 0.3) is 0 Å². The largest absolute Gasteiger partial charge is 0.507 e. The average Bonchev–Trinajstić information content (AvgIpc) is 2.21. The Kier molecular flexibility index (Phi) is 5.28. The van der Waals surface area contributed by atoms with Crippen molar-refractivity contribution in [3.63, 3.8) is 0 Å². The number of nitrogens with one attached hydrogen (secondary N) is 1. The molecule has 1 aromatic rings. The van der Waals surface area contributed by atoms with Gasteiger partial charge in [-0.15, -0.1) is 0 Å². The van der Waals surface area contributed by atoms with Crippen LogP contribution >= 0.6 is 31.9 Å². The molecule has 1 amide bonds. The minimum atomic E-state index is -0.257. The molecule has 0 bridgehead atoms. The van der Waals surface area contributed by atoms with Crippen LogP contribution in [0.1, 0.15) is 23.7 Å². The van der Waals surface area contributed by atoms with Crippen molar-refractivity contribution < 1.29 is 9.90 Å². The van der Waals surface area contributed by atoms with Gasteiger partial charge in [-0.25, -0.2) is 0 Å². The fourth-order valence-electron chi connectivity index (χ4n) is 1.23. The lowest BCUT2D eigenvalue weighted by molar-refractivity contribution is 0.0937. The number of rotatable bonds is 4. The number of carbonyl (C=O) groups excluding carboxylic acids is 1. The molecule has 0 saturated carbocycles. The summed E-state index contributed by atoms with van der Waals surface area (Å²) in [5.74, 6) is -0.265. The standard InChI is InChI=1S/C11H13Br2NO2/c1-7(4-5-12)14-11(16)9-6-8(13)2-3-10(9)15/h2-3,6-7,15H,4-5H2,1H3,(H,14,16). The van der Waals surface area contributed by atoms with E-state index in [1.54, 1.807) is 12.1 Å². The first-order valence-electron chi connectivity index (χ1n) is 4.90. The summed E-state index contributed by atoms with van der Waals surface area (Å²) in [6.45, 7) is 1.92. The molecule has 1 atom stereocenters. The molecule has 0 aliphatic rings. The average molecular weight is 351 g/mol. The van der Waals surface area contributed by atoms with E-state index < -0.39 is 0 Å². The SMILES string of the molecule is CC(CCBr)NC(=O)c1cc(Br)ccc1O. The van der Waals surface area contributed by atoms with Crippen molar-refractivity contribution in [1.82, 2.24) is 5.32 Å². The van der Waals surface area contributed by atoms with Gasteiger partial charge in [0.2, 0.25) is 0 Å². The smallest absolute Gasteiger partial charge is 0.255 e. The summed E-state index contributed by atoms with van der Waals surface area (Å²) >= 11 is 6.58. The number of carbonyl (C=O) groups is 1. The van der Waals surface area contributed by atoms with Crippen LogP contribution in [-0.4, -0.2) is 22.4 Å².